The van der Waals surface area contributed by atoms with Gasteiger partial charge in [-0.25, -0.2) is 0 Å². The van der Waals surface area contributed by atoms with E-state index in [1.807, 2.05) is 19.2 Å². The summed E-state index contributed by atoms with van der Waals surface area (Å²) >= 11 is 0. The van der Waals surface area contributed by atoms with Crippen LogP contribution in [-0.2, 0) is 0 Å². The molecule has 1 aromatic rings. The fourth-order valence-electron chi connectivity index (χ4n) is 0.731. The molecule has 0 saturated heterocycles. The summed E-state index contributed by atoms with van der Waals surface area (Å²) in [6, 6.07) is 4.07. The van der Waals surface area contributed by atoms with E-state index in [0.29, 0.717) is 0 Å². The summed E-state index contributed by atoms with van der Waals surface area (Å²) in [5, 5.41) is 0. The fourth-order valence-corrected chi connectivity index (χ4v) is 0.731. The maximum atomic E-state index is 3.12. The highest BCUT2D eigenvalue weighted by molar-refractivity contribution is 5.59. The molecule has 9 heavy (non-hydrogen) atoms. The van der Waals surface area contributed by atoms with Crippen LogP contribution in [0.15, 0.2) is 24.4 Å². The molecule has 0 aromatic carbocycles. The molecule has 0 aliphatic carbocycles. The Morgan fingerprint density at radius 3 is 2.89 bits per heavy atom. The van der Waals surface area contributed by atoms with Crippen LogP contribution in [0.5, 0.6) is 0 Å². The standard InChI is InChI=1S/C8H11N/c1-3-7(2)8-5-4-6-9-8/h3-6,9H,1-2H3/b7-3+. The summed E-state index contributed by atoms with van der Waals surface area (Å²) in [6.07, 6.45) is 4.02. The number of hydrogen-bond acceptors (Lipinski definition) is 0. The monoisotopic (exact) mass is 121 g/mol. The van der Waals surface area contributed by atoms with Gasteiger partial charge in [0.05, 0.1) is 0 Å². The number of aromatic amines is 1. The van der Waals surface area contributed by atoms with Gasteiger partial charge in [-0.15, -0.1) is 0 Å². The number of H-pyrrole nitrogens is 1. The first kappa shape index (κ1) is 6.14. The van der Waals surface area contributed by atoms with E-state index in [9.17, 15) is 0 Å². The molecular formula is C8H11N. The summed E-state index contributed by atoms with van der Waals surface area (Å²) < 4.78 is 0. The maximum Gasteiger partial charge on any atom is 0.0406 e. The summed E-state index contributed by atoms with van der Waals surface area (Å²) in [4.78, 5) is 3.12. The predicted molar refractivity (Wildman–Crippen MR) is 40.1 cm³/mol. The number of rotatable bonds is 1. The van der Waals surface area contributed by atoms with Crippen molar-refractivity contribution in [3.63, 3.8) is 0 Å². The van der Waals surface area contributed by atoms with Crippen LogP contribution in [0.4, 0.5) is 0 Å². The summed E-state index contributed by atoms with van der Waals surface area (Å²) in [6.45, 7) is 4.13. The van der Waals surface area contributed by atoms with Gasteiger partial charge in [-0.3, -0.25) is 0 Å². The van der Waals surface area contributed by atoms with Crippen LogP contribution in [0.2, 0.25) is 0 Å². The van der Waals surface area contributed by atoms with Gasteiger partial charge in [0.1, 0.15) is 0 Å². The summed E-state index contributed by atoms with van der Waals surface area (Å²) in [7, 11) is 0. The zero-order valence-electron chi connectivity index (χ0n) is 5.81. The van der Waals surface area contributed by atoms with Crippen molar-refractivity contribution in [2.24, 2.45) is 0 Å². The van der Waals surface area contributed by atoms with E-state index >= 15 is 0 Å². The van der Waals surface area contributed by atoms with Crippen molar-refractivity contribution in [2.45, 2.75) is 13.8 Å². The molecule has 0 bridgehead atoms. The molecule has 1 aromatic heterocycles. The zero-order valence-corrected chi connectivity index (χ0v) is 5.81. The van der Waals surface area contributed by atoms with Gasteiger partial charge in [0.2, 0.25) is 0 Å². The Bertz CT molecular complexity index is 194. The van der Waals surface area contributed by atoms with Crippen LogP contribution >= 0.6 is 0 Å². The molecule has 0 aliphatic heterocycles. The van der Waals surface area contributed by atoms with Crippen LogP contribution in [0.25, 0.3) is 5.57 Å². The Morgan fingerprint density at radius 2 is 2.44 bits per heavy atom. The number of nitrogens with one attached hydrogen (secondary N) is 1. The van der Waals surface area contributed by atoms with E-state index in [-0.39, 0.29) is 0 Å². The number of allylic oxidation sites excluding steroid dienone is 2. The van der Waals surface area contributed by atoms with Crippen molar-refractivity contribution in [3.8, 4) is 0 Å². The van der Waals surface area contributed by atoms with Gasteiger partial charge in [0, 0.05) is 11.9 Å². The van der Waals surface area contributed by atoms with E-state index in [4.69, 9.17) is 0 Å². The Kier molecular flexibility index (Phi) is 1.73. The maximum absolute atomic E-state index is 3.12. The Hall–Kier alpha value is -0.980. The molecule has 1 heterocycles. The lowest BCUT2D eigenvalue weighted by Crippen LogP contribution is -1.74. The van der Waals surface area contributed by atoms with Crippen LogP contribution in [0, 0.1) is 0 Å². The van der Waals surface area contributed by atoms with Crippen LogP contribution in [-0.4, -0.2) is 4.98 Å². The SMILES string of the molecule is C/C=C(\C)c1ccc[nH]1. The molecule has 0 saturated carbocycles. The molecule has 1 N–H and O–H groups in total. The van der Waals surface area contributed by atoms with Gasteiger partial charge in [-0.2, -0.15) is 0 Å². The molecule has 1 nitrogen and oxygen atoms in total. The summed E-state index contributed by atoms with van der Waals surface area (Å²) in [5.74, 6) is 0. The molecule has 0 amide bonds. The molecule has 0 radical (unpaired) electrons. The second-order valence-corrected chi connectivity index (χ2v) is 2.06. The third kappa shape index (κ3) is 1.22. The van der Waals surface area contributed by atoms with Gasteiger partial charge < -0.3 is 4.98 Å². The molecule has 0 unspecified atom stereocenters. The molecular weight excluding hydrogens is 110 g/mol. The number of aromatic nitrogens is 1. The molecule has 1 rings (SSSR count). The lowest BCUT2D eigenvalue weighted by Gasteiger charge is -1.91. The van der Waals surface area contributed by atoms with Gasteiger partial charge in [0.15, 0.2) is 0 Å². The van der Waals surface area contributed by atoms with Crippen molar-refractivity contribution in [2.75, 3.05) is 0 Å². The zero-order chi connectivity index (χ0) is 6.69. The highest BCUT2D eigenvalue weighted by Crippen LogP contribution is 2.08. The average Bonchev–Trinajstić information content (AvgIpc) is 2.37. The van der Waals surface area contributed by atoms with Crippen molar-refractivity contribution in [1.29, 1.82) is 0 Å². The van der Waals surface area contributed by atoms with Crippen molar-refractivity contribution in [3.05, 3.63) is 30.1 Å². The molecule has 48 valence electrons. The van der Waals surface area contributed by atoms with E-state index in [1.54, 1.807) is 0 Å². The van der Waals surface area contributed by atoms with E-state index in [2.05, 4.69) is 24.1 Å². The van der Waals surface area contributed by atoms with Gasteiger partial charge in [0.25, 0.3) is 0 Å². The number of hydrogen-bond donors (Lipinski definition) is 1. The lowest BCUT2D eigenvalue weighted by atomic mass is 10.2. The molecule has 0 aliphatic rings. The smallest absolute Gasteiger partial charge is 0.0406 e. The Balaban J connectivity index is 2.90. The molecule has 1 heteroatoms. The van der Waals surface area contributed by atoms with Crippen LogP contribution < -0.4 is 0 Å². The van der Waals surface area contributed by atoms with Crippen LogP contribution in [0.3, 0.4) is 0 Å². The van der Waals surface area contributed by atoms with Crippen molar-refractivity contribution in [1.82, 2.24) is 4.98 Å². The lowest BCUT2D eigenvalue weighted by molar-refractivity contribution is 1.34. The van der Waals surface area contributed by atoms with E-state index in [0.717, 1.165) is 0 Å². The molecule has 0 spiro atoms. The second-order valence-electron chi connectivity index (χ2n) is 2.06. The van der Waals surface area contributed by atoms with Crippen molar-refractivity contribution >= 4 is 5.57 Å². The minimum Gasteiger partial charge on any atom is -0.361 e. The first-order valence-electron chi connectivity index (χ1n) is 3.11. The third-order valence-electron chi connectivity index (χ3n) is 1.46. The quantitative estimate of drug-likeness (QED) is 0.587. The van der Waals surface area contributed by atoms with Crippen molar-refractivity contribution < 1.29 is 0 Å². The minimum atomic E-state index is 1.21. The second kappa shape index (κ2) is 2.53. The van der Waals surface area contributed by atoms with Gasteiger partial charge in [-0.05, 0) is 31.6 Å². The minimum absolute atomic E-state index is 1.21. The van der Waals surface area contributed by atoms with E-state index < -0.39 is 0 Å². The van der Waals surface area contributed by atoms with Gasteiger partial charge in [-0.1, -0.05) is 6.08 Å². The van der Waals surface area contributed by atoms with Crippen LogP contribution in [0.1, 0.15) is 19.5 Å². The normalized spacial score (nSPS) is 12.0. The largest absolute Gasteiger partial charge is 0.361 e. The van der Waals surface area contributed by atoms with Gasteiger partial charge >= 0.3 is 0 Å². The third-order valence-corrected chi connectivity index (χ3v) is 1.46. The highest BCUT2D eigenvalue weighted by Gasteiger charge is 1.90. The molecule has 0 atom stereocenters. The average molecular weight is 121 g/mol. The topological polar surface area (TPSA) is 15.8 Å². The first-order valence-corrected chi connectivity index (χ1v) is 3.11. The highest BCUT2D eigenvalue weighted by atomic mass is 14.7. The fraction of sp³-hybridized carbons (Fsp3) is 0.250. The van der Waals surface area contributed by atoms with E-state index in [1.165, 1.54) is 11.3 Å². The molecule has 0 fully saturated rings. The first-order chi connectivity index (χ1) is 4.34. The Morgan fingerprint density at radius 1 is 1.67 bits per heavy atom. The predicted octanol–water partition coefficient (Wildman–Crippen LogP) is 2.44. The Labute approximate surface area is 55.4 Å². The summed E-state index contributed by atoms with van der Waals surface area (Å²) in [5.41, 5.74) is 2.50.